The van der Waals surface area contributed by atoms with Gasteiger partial charge in [0.2, 0.25) is 0 Å². The molecule has 0 saturated heterocycles. The molecule has 0 atom stereocenters. The zero-order valence-corrected chi connectivity index (χ0v) is 39.6. The second kappa shape index (κ2) is 15.1. The number of thiophene rings is 2. The summed E-state index contributed by atoms with van der Waals surface area (Å²) in [6.07, 6.45) is 0. The third kappa shape index (κ3) is 5.71. The van der Waals surface area contributed by atoms with Crippen molar-refractivity contribution in [1.29, 1.82) is 0 Å². The summed E-state index contributed by atoms with van der Waals surface area (Å²) in [5.41, 5.74) is 15.7. The van der Waals surface area contributed by atoms with Gasteiger partial charge < -0.3 is 4.90 Å². The van der Waals surface area contributed by atoms with Crippen LogP contribution in [-0.2, 0) is 5.41 Å². The fourth-order valence-electron chi connectivity index (χ4n) is 11.8. The molecule has 13 aromatic rings. The maximum absolute atomic E-state index is 2.53. The van der Waals surface area contributed by atoms with Gasteiger partial charge in [0.15, 0.2) is 0 Å². The highest BCUT2D eigenvalue weighted by Crippen LogP contribution is 2.63. The fraction of sp³-hybridized carbons (Fsp3) is 0.0154. The van der Waals surface area contributed by atoms with Gasteiger partial charge in [-0.2, -0.15) is 0 Å². The summed E-state index contributed by atoms with van der Waals surface area (Å²) in [6.45, 7) is 0. The molecule has 3 heterocycles. The van der Waals surface area contributed by atoms with Crippen LogP contribution in [0.3, 0.4) is 0 Å². The first-order valence-electron chi connectivity index (χ1n) is 23.6. The summed E-state index contributed by atoms with van der Waals surface area (Å²) in [7, 11) is 0. The smallest absolute Gasteiger partial charge is 0.0736 e. The molecule has 15 rings (SSSR count). The molecule has 4 heteroatoms. The minimum atomic E-state index is -0.500. The summed E-state index contributed by atoms with van der Waals surface area (Å²) >= 11 is 5.66. The minimum absolute atomic E-state index is 0.500. The second-order valence-corrected chi connectivity index (χ2v) is 21.5. The molecule has 0 unspecified atom stereocenters. The van der Waals surface area contributed by atoms with Crippen LogP contribution in [0, 0.1) is 0 Å². The highest BCUT2D eigenvalue weighted by molar-refractivity contribution is 7.99. The van der Waals surface area contributed by atoms with Gasteiger partial charge in [-0.05, 0) is 128 Å². The predicted molar refractivity (Wildman–Crippen MR) is 297 cm³/mol. The van der Waals surface area contributed by atoms with E-state index in [-0.39, 0.29) is 0 Å². The highest BCUT2D eigenvalue weighted by Gasteiger charge is 2.50. The van der Waals surface area contributed by atoms with Crippen LogP contribution in [0.2, 0.25) is 0 Å². The Morgan fingerprint density at radius 2 is 0.899 bits per heavy atom. The normalized spacial score (nSPS) is 13.3. The van der Waals surface area contributed by atoms with Crippen molar-refractivity contribution < 1.29 is 0 Å². The summed E-state index contributed by atoms with van der Waals surface area (Å²) in [6, 6.07) is 89.0. The SMILES string of the molecule is c1ccc2c(c1)Sc1ccccc1C21c2ccccc2-c2ccc(N(c3ccc(-c4cccc5sc6ccccc6c45)cc3)c3cc(-c4cccc5ccccc45)c4sc5ccccc5c4c3)cc21. The Labute approximate surface area is 412 Å². The van der Waals surface area contributed by atoms with Crippen molar-refractivity contribution in [2.24, 2.45) is 0 Å². The van der Waals surface area contributed by atoms with Gasteiger partial charge in [-0.25, -0.2) is 0 Å². The number of hydrogen-bond donors (Lipinski definition) is 0. The molecule has 11 aromatic carbocycles. The van der Waals surface area contributed by atoms with Gasteiger partial charge in [-0.3, -0.25) is 0 Å². The van der Waals surface area contributed by atoms with E-state index < -0.39 is 5.41 Å². The fourth-order valence-corrected chi connectivity index (χ4v) is 15.4. The third-order valence-electron chi connectivity index (χ3n) is 14.7. The summed E-state index contributed by atoms with van der Waals surface area (Å²) in [4.78, 5) is 5.14. The summed E-state index contributed by atoms with van der Waals surface area (Å²) < 4.78 is 5.23. The molecule has 69 heavy (non-hydrogen) atoms. The van der Waals surface area contributed by atoms with E-state index in [9.17, 15) is 0 Å². The third-order valence-corrected chi connectivity index (χ3v) is 18.2. The zero-order valence-electron chi connectivity index (χ0n) is 37.2. The van der Waals surface area contributed by atoms with Gasteiger partial charge >= 0.3 is 0 Å². The average Bonchev–Trinajstić information content (AvgIpc) is 4.07. The highest BCUT2D eigenvalue weighted by atomic mass is 32.2. The number of hydrogen-bond acceptors (Lipinski definition) is 4. The van der Waals surface area contributed by atoms with Crippen molar-refractivity contribution in [3.8, 4) is 33.4 Å². The standard InChI is InChI=1S/C65H39NS3/c1-2-17-45-40(15-1)16-13-22-47(45)52-37-44(38-53-50-19-4-9-26-58(50)69-64(52)53)66(42-33-31-41(32-34-42)46-21-14-30-62-63(46)51-20-5-10-27-59(51)67-62)43-35-36-49-48-18-3-6-23-54(48)65(57(49)39-43)55-24-7-11-28-60(55)68-61-29-12-8-25-56(61)65/h1-39H. The first-order valence-corrected chi connectivity index (χ1v) is 26.0. The maximum Gasteiger partial charge on any atom is 0.0736 e. The monoisotopic (exact) mass is 929 g/mol. The van der Waals surface area contributed by atoms with Crippen molar-refractivity contribution >= 4 is 103 Å². The van der Waals surface area contributed by atoms with Crippen LogP contribution in [0.4, 0.5) is 17.1 Å². The van der Waals surface area contributed by atoms with E-state index in [0.29, 0.717) is 0 Å². The number of fused-ring (bicyclic) bond motifs is 16. The van der Waals surface area contributed by atoms with Gasteiger partial charge in [-0.1, -0.05) is 182 Å². The van der Waals surface area contributed by atoms with Gasteiger partial charge in [-0.15, -0.1) is 22.7 Å². The molecular weight excluding hydrogens is 891 g/mol. The van der Waals surface area contributed by atoms with E-state index in [1.807, 2.05) is 34.4 Å². The molecule has 322 valence electrons. The molecule has 1 nitrogen and oxygen atoms in total. The number of nitrogens with zero attached hydrogens (tertiary/aromatic N) is 1. The first kappa shape index (κ1) is 39.3. The Balaban J connectivity index is 1.01. The van der Waals surface area contributed by atoms with Crippen molar-refractivity contribution in [1.82, 2.24) is 0 Å². The summed E-state index contributed by atoms with van der Waals surface area (Å²) in [5.74, 6) is 0. The largest absolute Gasteiger partial charge is 0.310 e. The first-order chi connectivity index (χ1) is 34.2. The number of anilines is 3. The van der Waals surface area contributed by atoms with Crippen LogP contribution in [0.5, 0.6) is 0 Å². The van der Waals surface area contributed by atoms with E-state index in [1.54, 1.807) is 0 Å². The Kier molecular flexibility index (Phi) is 8.62. The van der Waals surface area contributed by atoms with E-state index >= 15 is 0 Å². The Bertz CT molecular complexity index is 4200. The van der Waals surface area contributed by atoms with E-state index in [1.165, 1.54) is 117 Å². The van der Waals surface area contributed by atoms with Crippen LogP contribution >= 0.6 is 34.4 Å². The van der Waals surface area contributed by atoms with Crippen LogP contribution in [-0.4, -0.2) is 0 Å². The number of benzene rings is 11. The molecule has 1 aliphatic heterocycles. The molecule has 0 amide bonds. The molecule has 1 aliphatic carbocycles. The minimum Gasteiger partial charge on any atom is -0.310 e. The Morgan fingerprint density at radius 1 is 0.319 bits per heavy atom. The van der Waals surface area contributed by atoms with Crippen LogP contribution in [0.25, 0.3) is 84.5 Å². The van der Waals surface area contributed by atoms with Crippen molar-refractivity contribution in [3.63, 3.8) is 0 Å². The quantitative estimate of drug-likeness (QED) is 0.169. The molecule has 0 radical (unpaired) electrons. The lowest BCUT2D eigenvalue weighted by atomic mass is 9.67. The lowest BCUT2D eigenvalue weighted by Gasteiger charge is -2.40. The lowest BCUT2D eigenvalue weighted by molar-refractivity contribution is 0.722. The van der Waals surface area contributed by atoms with Crippen LogP contribution in [0.1, 0.15) is 22.3 Å². The molecule has 0 bridgehead atoms. The molecular formula is C65H39NS3. The van der Waals surface area contributed by atoms with Gasteiger partial charge in [0, 0.05) is 72.8 Å². The molecule has 0 saturated carbocycles. The van der Waals surface area contributed by atoms with E-state index in [0.717, 1.165) is 17.1 Å². The Morgan fingerprint density at radius 3 is 1.71 bits per heavy atom. The van der Waals surface area contributed by atoms with Gasteiger partial charge in [0.05, 0.1) is 5.41 Å². The van der Waals surface area contributed by atoms with Crippen molar-refractivity contribution in [3.05, 3.63) is 259 Å². The van der Waals surface area contributed by atoms with Gasteiger partial charge in [0.1, 0.15) is 0 Å². The molecule has 0 fully saturated rings. The number of rotatable bonds is 5. The molecule has 2 aliphatic rings. The zero-order chi connectivity index (χ0) is 45.2. The maximum atomic E-state index is 2.53. The van der Waals surface area contributed by atoms with E-state index in [4.69, 9.17) is 0 Å². The average molecular weight is 930 g/mol. The molecule has 1 spiro atoms. The van der Waals surface area contributed by atoms with Crippen LogP contribution in [0.15, 0.2) is 246 Å². The molecule has 2 aromatic heterocycles. The van der Waals surface area contributed by atoms with Gasteiger partial charge in [0.25, 0.3) is 0 Å². The van der Waals surface area contributed by atoms with E-state index in [2.05, 4.69) is 241 Å². The van der Waals surface area contributed by atoms with Crippen molar-refractivity contribution in [2.75, 3.05) is 4.90 Å². The lowest BCUT2D eigenvalue weighted by Crippen LogP contribution is -2.32. The second-order valence-electron chi connectivity index (χ2n) is 18.3. The summed E-state index contributed by atoms with van der Waals surface area (Å²) in [5, 5.41) is 7.69. The topological polar surface area (TPSA) is 3.24 Å². The predicted octanol–water partition coefficient (Wildman–Crippen LogP) is 19.2. The molecule has 0 N–H and O–H groups in total. The van der Waals surface area contributed by atoms with Crippen molar-refractivity contribution in [2.45, 2.75) is 15.2 Å². The Hall–Kier alpha value is -7.73. The van der Waals surface area contributed by atoms with Crippen LogP contribution < -0.4 is 4.90 Å².